The van der Waals surface area contributed by atoms with Crippen LogP contribution in [0.5, 0.6) is 0 Å². The zero-order chi connectivity index (χ0) is 49.2. The third-order valence-corrected chi connectivity index (χ3v) is 16.4. The molecule has 13 aromatic carbocycles. The van der Waals surface area contributed by atoms with Gasteiger partial charge in [0, 0.05) is 21.5 Å². The van der Waals surface area contributed by atoms with E-state index in [4.69, 9.17) is 8.83 Å². The Labute approximate surface area is 433 Å². The lowest BCUT2D eigenvalue weighted by Gasteiger charge is -2.34. The van der Waals surface area contributed by atoms with Gasteiger partial charge in [0.1, 0.15) is 22.3 Å². The van der Waals surface area contributed by atoms with Crippen molar-refractivity contribution < 1.29 is 8.83 Å². The van der Waals surface area contributed by atoms with Gasteiger partial charge in [-0.1, -0.05) is 224 Å². The van der Waals surface area contributed by atoms with Gasteiger partial charge in [-0.3, -0.25) is 0 Å². The van der Waals surface area contributed by atoms with Crippen LogP contribution in [0.3, 0.4) is 0 Å². The zero-order valence-electron chi connectivity index (χ0n) is 40.7. The van der Waals surface area contributed by atoms with Crippen LogP contribution < -0.4 is 0 Å². The highest BCUT2D eigenvalue weighted by atomic mass is 16.3. The number of fused-ring (bicyclic) bond motifs is 15. The molecule has 0 saturated heterocycles. The SMILES string of the molecule is c1ccc(C2(c3ccccc3)c3ccccc3-c3c(-c4ccc5oc6cc7c(cc6c5c4)oc4ccc(-c5ccc(-c6ccc(-c8ccc9c%10ccccc%10c%10ccccc%10c9c8)cc6)cc5)cc47)cccc32)cc1. The highest BCUT2D eigenvalue weighted by molar-refractivity contribution is 6.26. The molecule has 0 radical (unpaired) electrons. The van der Waals surface area contributed by atoms with E-state index in [-0.39, 0.29) is 0 Å². The highest BCUT2D eigenvalue weighted by Gasteiger charge is 2.46. The first kappa shape index (κ1) is 41.8. The molecule has 1 aliphatic rings. The van der Waals surface area contributed by atoms with Gasteiger partial charge in [-0.2, -0.15) is 0 Å². The van der Waals surface area contributed by atoms with E-state index in [1.54, 1.807) is 0 Å². The Morgan fingerprint density at radius 2 is 0.587 bits per heavy atom. The molecule has 0 aliphatic heterocycles. The number of furan rings is 2. The Kier molecular flexibility index (Phi) is 8.99. The molecule has 0 N–H and O–H groups in total. The summed E-state index contributed by atoms with van der Waals surface area (Å²) >= 11 is 0. The summed E-state index contributed by atoms with van der Waals surface area (Å²) in [5.41, 5.74) is 20.0. The minimum absolute atomic E-state index is 0.464. The van der Waals surface area contributed by atoms with Crippen LogP contribution in [0.1, 0.15) is 22.3 Å². The Balaban J connectivity index is 0.724. The molecule has 0 unspecified atom stereocenters. The summed E-state index contributed by atoms with van der Waals surface area (Å²) in [6, 6.07) is 97.6. The average molecular weight is 953 g/mol. The zero-order valence-corrected chi connectivity index (χ0v) is 40.7. The third kappa shape index (κ3) is 6.21. The maximum absolute atomic E-state index is 6.67. The van der Waals surface area contributed by atoms with Crippen molar-refractivity contribution in [2.45, 2.75) is 5.41 Å². The second-order valence-electron chi connectivity index (χ2n) is 20.2. The summed E-state index contributed by atoms with van der Waals surface area (Å²) in [6.45, 7) is 0. The van der Waals surface area contributed by atoms with Gasteiger partial charge in [-0.25, -0.2) is 0 Å². The van der Waals surface area contributed by atoms with Crippen molar-refractivity contribution in [1.82, 2.24) is 0 Å². The van der Waals surface area contributed by atoms with Gasteiger partial charge in [0.15, 0.2) is 0 Å². The second-order valence-corrected chi connectivity index (χ2v) is 20.2. The van der Waals surface area contributed by atoms with Gasteiger partial charge in [0.05, 0.1) is 5.41 Å². The summed E-state index contributed by atoms with van der Waals surface area (Å²) < 4.78 is 13.3. The fourth-order valence-electron chi connectivity index (χ4n) is 12.9. The van der Waals surface area contributed by atoms with Crippen molar-refractivity contribution in [3.05, 3.63) is 289 Å². The van der Waals surface area contributed by atoms with Crippen LogP contribution in [0.25, 0.3) is 132 Å². The monoisotopic (exact) mass is 952 g/mol. The molecule has 16 rings (SSSR count). The van der Waals surface area contributed by atoms with Gasteiger partial charge < -0.3 is 8.83 Å². The van der Waals surface area contributed by atoms with Crippen molar-refractivity contribution in [1.29, 1.82) is 0 Å². The molecule has 0 atom stereocenters. The fraction of sp³-hybridized carbons (Fsp3) is 0.0137. The minimum atomic E-state index is -0.464. The number of benzene rings is 13. The third-order valence-electron chi connectivity index (χ3n) is 16.4. The summed E-state index contributed by atoms with van der Waals surface area (Å²) in [6.07, 6.45) is 0. The van der Waals surface area contributed by atoms with Gasteiger partial charge in [0.25, 0.3) is 0 Å². The minimum Gasteiger partial charge on any atom is -0.456 e. The molecule has 2 heterocycles. The van der Waals surface area contributed by atoms with Gasteiger partial charge in [0.2, 0.25) is 0 Å². The summed E-state index contributed by atoms with van der Waals surface area (Å²) in [4.78, 5) is 0. The quantitative estimate of drug-likeness (QED) is 0.155. The number of hydrogen-bond acceptors (Lipinski definition) is 2. The largest absolute Gasteiger partial charge is 0.456 e. The van der Waals surface area contributed by atoms with Crippen molar-refractivity contribution in [3.8, 4) is 55.6 Å². The lowest BCUT2D eigenvalue weighted by atomic mass is 9.67. The van der Waals surface area contributed by atoms with E-state index in [9.17, 15) is 0 Å². The first-order chi connectivity index (χ1) is 37.2. The smallest absolute Gasteiger partial charge is 0.136 e. The Morgan fingerprint density at radius 3 is 1.15 bits per heavy atom. The van der Waals surface area contributed by atoms with Gasteiger partial charge in [-0.05, 0) is 153 Å². The van der Waals surface area contributed by atoms with E-state index >= 15 is 0 Å². The standard InChI is InChI=1S/C73H44O2/c1-3-14-52(15-4-1)73(53-16-5-2-6-17-53)66-24-12-11-22-60(66)72-54(23-13-25-67(72)73)51-36-39-69-63(42-51)65-44-70-64(43-71(65)75-69)62-41-50(35-38-68(62)74-70)48-32-28-46(29-33-48)45-26-30-47(31-27-45)49-34-37-59-57-20-8-7-18-55(57)56-19-9-10-21-58(56)61(59)40-49/h1-44H. The van der Waals surface area contributed by atoms with Crippen molar-refractivity contribution in [2.24, 2.45) is 0 Å². The van der Waals surface area contributed by atoms with Crippen LogP contribution in [0.15, 0.2) is 276 Å². The molecule has 2 heteroatoms. The number of hydrogen-bond donors (Lipinski definition) is 0. The topological polar surface area (TPSA) is 26.3 Å². The molecule has 2 aromatic heterocycles. The average Bonchev–Trinajstić information content (AvgIpc) is 4.25. The van der Waals surface area contributed by atoms with Crippen molar-refractivity contribution in [2.75, 3.05) is 0 Å². The Hall–Kier alpha value is -9.76. The first-order valence-electron chi connectivity index (χ1n) is 25.9. The molecule has 0 bridgehead atoms. The van der Waals surface area contributed by atoms with Crippen LogP contribution in [-0.4, -0.2) is 0 Å². The van der Waals surface area contributed by atoms with Crippen molar-refractivity contribution >= 4 is 76.2 Å². The van der Waals surface area contributed by atoms with Crippen LogP contribution in [0, 0.1) is 0 Å². The second kappa shape index (κ2) is 16.1. The van der Waals surface area contributed by atoms with Gasteiger partial charge >= 0.3 is 0 Å². The molecule has 0 fully saturated rings. The summed E-state index contributed by atoms with van der Waals surface area (Å²) in [5.74, 6) is 0. The molecular weight excluding hydrogens is 909 g/mol. The molecule has 348 valence electrons. The molecule has 0 amide bonds. The summed E-state index contributed by atoms with van der Waals surface area (Å²) in [5, 5.41) is 12.0. The molecule has 2 nitrogen and oxygen atoms in total. The van der Waals surface area contributed by atoms with E-state index < -0.39 is 5.41 Å². The Bertz CT molecular complexity index is 4710. The lowest BCUT2D eigenvalue weighted by molar-refractivity contribution is 0.664. The van der Waals surface area contributed by atoms with Crippen LogP contribution in [-0.2, 0) is 5.41 Å². The summed E-state index contributed by atoms with van der Waals surface area (Å²) in [7, 11) is 0. The maximum Gasteiger partial charge on any atom is 0.136 e. The first-order valence-corrected chi connectivity index (χ1v) is 25.9. The van der Waals surface area contributed by atoms with E-state index in [0.29, 0.717) is 0 Å². The van der Waals surface area contributed by atoms with E-state index in [1.807, 2.05) is 0 Å². The molecule has 75 heavy (non-hydrogen) atoms. The molecule has 1 aliphatic carbocycles. The van der Waals surface area contributed by atoms with Crippen LogP contribution in [0.2, 0.25) is 0 Å². The van der Waals surface area contributed by atoms with E-state index in [0.717, 1.165) is 60.6 Å². The lowest BCUT2D eigenvalue weighted by Crippen LogP contribution is -2.28. The predicted molar refractivity (Wildman–Crippen MR) is 313 cm³/mol. The normalized spacial score (nSPS) is 12.9. The molecule has 0 saturated carbocycles. The molecular formula is C73H44O2. The van der Waals surface area contributed by atoms with Crippen LogP contribution >= 0.6 is 0 Å². The van der Waals surface area contributed by atoms with Gasteiger partial charge in [-0.15, -0.1) is 0 Å². The van der Waals surface area contributed by atoms with Crippen LogP contribution in [0.4, 0.5) is 0 Å². The fourth-order valence-corrected chi connectivity index (χ4v) is 12.9. The van der Waals surface area contributed by atoms with E-state index in [2.05, 4.69) is 267 Å². The molecule has 0 spiro atoms. The highest BCUT2D eigenvalue weighted by Crippen LogP contribution is 2.58. The van der Waals surface area contributed by atoms with Crippen molar-refractivity contribution in [3.63, 3.8) is 0 Å². The Morgan fingerprint density at radius 1 is 0.213 bits per heavy atom. The molecule has 15 aromatic rings. The number of rotatable bonds is 6. The van der Waals surface area contributed by atoms with E-state index in [1.165, 1.54) is 93.5 Å². The maximum atomic E-state index is 6.67. The predicted octanol–water partition coefficient (Wildman–Crippen LogP) is 20.0.